The Morgan fingerprint density at radius 3 is 2.94 bits per heavy atom. The van der Waals surface area contributed by atoms with Gasteiger partial charge in [0.05, 0.1) is 6.61 Å². The number of hydrogen-bond acceptors (Lipinski definition) is 3. The maximum absolute atomic E-state index is 5.60. The van der Waals surface area contributed by atoms with E-state index in [0.29, 0.717) is 0 Å². The van der Waals surface area contributed by atoms with Crippen molar-refractivity contribution in [3.8, 4) is 5.75 Å². The molecule has 2 atom stereocenters. The topological polar surface area (TPSA) is 27.7 Å². The van der Waals surface area contributed by atoms with Crippen molar-refractivity contribution in [1.29, 1.82) is 0 Å². The summed E-state index contributed by atoms with van der Waals surface area (Å²) < 4.78 is 5.60. The molecule has 0 spiro atoms. The first kappa shape index (κ1) is 10.1. The van der Waals surface area contributed by atoms with Crippen molar-refractivity contribution in [2.75, 3.05) is 6.61 Å². The maximum Gasteiger partial charge on any atom is 0.154 e. The third-order valence-corrected chi connectivity index (χ3v) is 3.62. The number of aryl methyl sites for hydroxylation is 1. The first-order valence-electron chi connectivity index (χ1n) is 5.81. The zero-order valence-electron chi connectivity index (χ0n) is 9.66. The van der Waals surface area contributed by atoms with Gasteiger partial charge in [-0.15, -0.1) is 0 Å². The van der Waals surface area contributed by atoms with Gasteiger partial charge in [-0.05, 0) is 49.9 Å². The summed E-state index contributed by atoms with van der Waals surface area (Å²) in [7, 11) is 0. The minimum Gasteiger partial charge on any atom is -0.493 e. The molecule has 1 aromatic carbocycles. The van der Waals surface area contributed by atoms with Crippen LogP contribution in [0.5, 0.6) is 5.75 Å². The lowest BCUT2D eigenvalue weighted by atomic mass is 9.87. The number of benzene rings is 1. The molecule has 0 bridgehead atoms. The average molecular weight is 220 g/mol. The van der Waals surface area contributed by atoms with Crippen molar-refractivity contribution in [1.82, 2.24) is 0 Å². The van der Waals surface area contributed by atoms with Crippen LogP contribution in [0.25, 0.3) is 0 Å². The summed E-state index contributed by atoms with van der Waals surface area (Å²) in [6, 6.07) is 6.31. The molecule has 16 heavy (non-hydrogen) atoms. The predicted octanol–water partition coefficient (Wildman–Crippen LogP) is 2.58. The average Bonchev–Trinajstić information content (AvgIpc) is 2.35. The Morgan fingerprint density at radius 1 is 1.38 bits per heavy atom. The van der Waals surface area contributed by atoms with E-state index in [1.54, 1.807) is 0 Å². The van der Waals surface area contributed by atoms with Crippen molar-refractivity contribution < 1.29 is 14.5 Å². The molecular weight excluding hydrogens is 204 g/mol. The molecule has 86 valence electrons. The van der Waals surface area contributed by atoms with Crippen LogP contribution in [0.1, 0.15) is 31.4 Å². The van der Waals surface area contributed by atoms with E-state index in [4.69, 9.17) is 14.5 Å². The Hall–Kier alpha value is -1.06. The quantitative estimate of drug-likeness (QED) is 0.681. The smallest absolute Gasteiger partial charge is 0.154 e. The van der Waals surface area contributed by atoms with Gasteiger partial charge in [-0.2, -0.15) is 0 Å². The fraction of sp³-hybridized carbons (Fsp3) is 0.538. The van der Waals surface area contributed by atoms with Gasteiger partial charge in [-0.3, -0.25) is 0 Å². The van der Waals surface area contributed by atoms with Gasteiger partial charge in [0.1, 0.15) is 11.9 Å². The van der Waals surface area contributed by atoms with Gasteiger partial charge in [0, 0.05) is 0 Å². The molecule has 1 aromatic rings. The van der Waals surface area contributed by atoms with Crippen LogP contribution < -0.4 is 4.74 Å². The van der Waals surface area contributed by atoms with Gasteiger partial charge in [-0.25, -0.2) is 9.78 Å². The Morgan fingerprint density at radius 2 is 2.25 bits per heavy atom. The van der Waals surface area contributed by atoms with E-state index in [1.807, 2.05) is 13.0 Å². The van der Waals surface area contributed by atoms with Crippen molar-refractivity contribution in [3.05, 3.63) is 29.3 Å². The Bertz CT molecular complexity index is 416. The molecule has 0 N–H and O–H groups in total. The summed E-state index contributed by atoms with van der Waals surface area (Å²) >= 11 is 0. The highest BCUT2D eigenvalue weighted by Gasteiger charge is 2.46. The summed E-state index contributed by atoms with van der Waals surface area (Å²) in [4.78, 5) is 10.3. The first-order chi connectivity index (χ1) is 7.70. The molecule has 1 saturated heterocycles. The van der Waals surface area contributed by atoms with Crippen molar-refractivity contribution in [2.45, 2.75) is 38.4 Å². The molecular formula is C13H16O3. The number of rotatable bonds is 1. The second-order valence-corrected chi connectivity index (χ2v) is 4.70. The van der Waals surface area contributed by atoms with Crippen LogP contribution in [-0.4, -0.2) is 12.7 Å². The van der Waals surface area contributed by atoms with Gasteiger partial charge in [-0.1, -0.05) is 6.07 Å². The highest BCUT2D eigenvalue weighted by molar-refractivity contribution is 5.41. The molecule has 0 aromatic heterocycles. The molecule has 2 unspecified atom stereocenters. The molecule has 0 aliphatic carbocycles. The van der Waals surface area contributed by atoms with Gasteiger partial charge in [0.2, 0.25) is 0 Å². The van der Waals surface area contributed by atoms with Crippen molar-refractivity contribution in [3.63, 3.8) is 0 Å². The molecule has 0 amide bonds. The standard InChI is InChI=1S/C13H16O3/c1-9-13(2,16-15-9)11-5-6-12-10(8-11)4-3-7-14-12/h5-6,8-9H,3-4,7H2,1-2H3. The van der Waals surface area contributed by atoms with Crippen molar-refractivity contribution in [2.24, 2.45) is 0 Å². The molecule has 2 aliphatic heterocycles. The Kier molecular flexibility index (Phi) is 2.19. The highest BCUT2D eigenvalue weighted by atomic mass is 17.3. The van der Waals surface area contributed by atoms with E-state index in [0.717, 1.165) is 25.2 Å². The van der Waals surface area contributed by atoms with Gasteiger partial charge in [0.25, 0.3) is 0 Å². The van der Waals surface area contributed by atoms with Crippen LogP contribution in [-0.2, 0) is 21.8 Å². The monoisotopic (exact) mass is 220 g/mol. The van der Waals surface area contributed by atoms with Crippen LogP contribution in [0.3, 0.4) is 0 Å². The number of hydrogen-bond donors (Lipinski definition) is 0. The van der Waals surface area contributed by atoms with E-state index in [1.165, 1.54) is 11.1 Å². The van der Waals surface area contributed by atoms with Crippen LogP contribution in [0.2, 0.25) is 0 Å². The fourth-order valence-corrected chi connectivity index (χ4v) is 2.24. The third-order valence-electron chi connectivity index (χ3n) is 3.62. The molecule has 0 radical (unpaired) electrons. The van der Waals surface area contributed by atoms with E-state index in [2.05, 4.69) is 19.1 Å². The largest absolute Gasteiger partial charge is 0.493 e. The minimum atomic E-state index is -0.299. The first-order valence-corrected chi connectivity index (χ1v) is 5.81. The molecule has 2 aliphatic rings. The summed E-state index contributed by atoms with van der Waals surface area (Å²) in [5, 5.41) is 0. The maximum atomic E-state index is 5.60. The van der Waals surface area contributed by atoms with E-state index in [-0.39, 0.29) is 11.7 Å². The molecule has 3 heteroatoms. The van der Waals surface area contributed by atoms with Crippen LogP contribution in [0, 0.1) is 0 Å². The highest BCUT2D eigenvalue weighted by Crippen LogP contribution is 2.41. The second-order valence-electron chi connectivity index (χ2n) is 4.70. The van der Waals surface area contributed by atoms with Crippen LogP contribution in [0.4, 0.5) is 0 Å². The Labute approximate surface area is 95.2 Å². The molecule has 3 nitrogen and oxygen atoms in total. The zero-order chi connectivity index (χ0) is 11.2. The minimum absolute atomic E-state index is 0.107. The van der Waals surface area contributed by atoms with Crippen molar-refractivity contribution >= 4 is 0 Å². The summed E-state index contributed by atoms with van der Waals surface area (Å²) in [5.41, 5.74) is 2.16. The second kappa shape index (κ2) is 3.47. The number of fused-ring (bicyclic) bond motifs is 1. The van der Waals surface area contributed by atoms with Gasteiger partial charge in [0.15, 0.2) is 5.60 Å². The lowest BCUT2D eigenvalue weighted by molar-refractivity contribution is -0.509. The Balaban J connectivity index is 1.97. The van der Waals surface area contributed by atoms with Crippen LogP contribution in [0.15, 0.2) is 18.2 Å². The zero-order valence-corrected chi connectivity index (χ0v) is 9.66. The van der Waals surface area contributed by atoms with E-state index < -0.39 is 0 Å². The molecule has 0 saturated carbocycles. The fourth-order valence-electron chi connectivity index (χ4n) is 2.24. The van der Waals surface area contributed by atoms with E-state index >= 15 is 0 Å². The summed E-state index contributed by atoms with van der Waals surface area (Å²) in [6.07, 6.45) is 2.30. The predicted molar refractivity (Wildman–Crippen MR) is 59.2 cm³/mol. The lowest BCUT2D eigenvalue weighted by Crippen LogP contribution is -2.49. The molecule has 1 fully saturated rings. The van der Waals surface area contributed by atoms with Crippen LogP contribution >= 0.6 is 0 Å². The van der Waals surface area contributed by atoms with Gasteiger partial charge >= 0.3 is 0 Å². The summed E-state index contributed by atoms with van der Waals surface area (Å²) in [5.74, 6) is 1.02. The molecule has 3 rings (SSSR count). The SMILES string of the molecule is CC1OOC1(C)c1ccc2c(c1)CCCO2. The molecule has 2 heterocycles. The normalized spacial score (nSPS) is 32.5. The summed E-state index contributed by atoms with van der Waals surface area (Å²) in [6.45, 7) is 4.92. The number of ether oxygens (including phenoxy) is 1. The lowest BCUT2D eigenvalue weighted by Gasteiger charge is -2.43. The van der Waals surface area contributed by atoms with Gasteiger partial charge < -0.3 is 4.74 Å². The van der Waals surface area contributed by atoms with E-state index in [9.17, 15) is 0 Å². The third kappa shape index (κ3) is 1.35.